The first kappa shape index (κ1) is 15.5. The molecular weight excluding hydrogens is 270 g/mol. The Kier molecular flexibility index (Phi) is 5.33. The summed E-state index contributed by atoms with van der Waals surface area (Å²) < 4.78 is 10.0. The maximum atomic E-state index is 12.4. The summed E-state index contributed by atoms with van der Waals surface area (Å²) in [6.45, 7) is 0. The van der Waals surface area contributed by atoms with Crippen molar-refractivity contribution in [3.05, 3.63) is 35.9 Å². The molecule has 0 saturated heterocycles. The zero-order valence-corrected chi connectivity index (χ0v) is 12.4. The second-order valence-corrected chi connectivity index (χ2v) is 5.29. The molecule has 1 saturated carbocycles. The third-order valence-corrected chi connectivity index (χ3v) is 3.64. The lowest BCUT2D eigenvalue weighted by Gasteiger charge is -2.20. The summed E-state index contributed by atoms with van der Waals surface area (Å²) in [5.41, 5.74) is 0.757. The van der Waals surface area contributed by atoms with E-state index in [1.165, 1.54) is 14.2 Å². The predicted molar refractivity (Wildman–Crippen MR) is 77.5 cm³/mol. The molecule has 1 aliphatic carbocycles. The van der Waals surface area contributed by atoms with Crippen LogP contribution >= 0.6 is 0 Å². The van der Waals surface area contributed by atoms with E-state index in [1.54, 1.807) is 0 Å². The highest BCUT2D eigenvalue weighted by molar-refractivity contribution is 5.87. The lowest BCUT2D eigenvalue weighted by atomic mass is 10.1. The van der Waals surface area contributed by atoms with Crippen molar-refractivity contribution < 1.29 is 19.1 Å². The van der Waals surface area contributed by atoms with E-state index in [1.807, 2.05) is 30.3 Å². The van der Waals surface area contributed by atoms with Gasteiger partial charge in [-0.2, -0.15) is 0 Å². The van der Waals surface area contributed by atoms with Gasteiger partial charge in [0.05, 0.1) is 7.11 Å². The Balaban J connectivity index is 2.03. The number of esters is 1. The van der Waals surface area contributed by atoms with Crippen LogP contribution in [0.25, 0.3) is 0 Å². The molecule has 5 heteroatoms. The fourth-order valence-electron chi connectivity index (χ4n) is 2.31. The molecule has 1 aliphatic rings. The molecule has 0 aliphatic heterocycles. The zero-order chi connectivity index (χ0) is 15.2. The van der Waals surface area contributed by atoms with Gasteiger partial charge in [0.15, 0.2) is 6.10 Å². The highest BCUT2D eigenvalue weighted by Crippen LogP contribution is 2.33. The maximum absolute atomic E-state index is 12.4. The molecule has 1 fully saturated rings. The lowest BCUT2D eigenvalue weighted by Crippen LogP contribution is -2.44. The fraction of sp³-hybridized carbons (Fsp3) is 0.500. The van der Waals surface area contributed by atoms with Crippen molar-refractivity contribution >= 4 is 11.9 Å². The summed E-state index contributed by atoms with van der Waals surface area (Å²) in [6.07, 6.45) is 2.12. The van der Waals surface area contributed by atoms with E-state index in [2.05, 4.69) is 5.32 Å². The molecule has 2 atom stereocenters. The fourth-order valence-corrected chi connectivity index (χ4v) is 2.31. The number of nitrogens with one attached hydrogen (secondary N) is 1. The average Bonchev–Trinajstić information content (AvgIpc) is 3.31. The van der Waals surface area contributed by atoms with Crippen LogP contribution in [0.2, 0.25) is 0 Å². The molecule has 0 heterocycles. The lowest BCUT2D eigenvalue weighted by molar-refractivity contribution is -0.147. The number of carbonyl (C=O) groups excluding carboxylic acids is 2. The van der Waals surface area contributed by atoms with Crippen molar-refractivity contribution in [1.29, 1.82) is 0 Å². The van der Waals surface area contributed by atoms with Gasteiger partial charge in [0.2, 0.25) is 0 Å². The Morgan fingerprint density at radius 1 is 1.24 bits per heavy atom. The summed E-state index contributed by atoms with van der Waals surface area (Å²) in [5.74, 6) is -0.218. The maximum Gasteiger partial charge on any atom is 0.328 e. The van der Waals surface area contributed by atoms with E-state index in [9.17, 15) is 9.59 Å². The first-order chi connectivity index (χ1) is 10.2. The first-order valence-electron chi connectivity index (χ1n) is 7.11. The van der Waals surface area contributed by atoms with Gasteiger partial charge in [-0.15, -0.1) is 0 Å². The molecule has 2 rings (SSSR count). The van der Waals surface area contributed by atoms with Crippen LogP contribution in [0.15, 0.2) is 30.3 Å². The van der Waals surface area contributed by atoms with Crippen LogP contribution in [0.5, 0.6) is 0 Å². The smallest absolute Gasteiger partial charge is 0.328 e. The molecule has 0 unspecified atom stereocenters. The van der Waals surface area contributed by atoms with Crippen LogP contribution in [0, 0.1) is 5.92 Å². The molecule has 1 aromatic carbocycles. The van der Waals surface area contributed by atoms with Crippen LogP contribution in [0.3, 0.4) is 0 Å². The number of hydrogen-bond acceptors (Lipinski definition) is 4. The van der Waals surface area contributed by atoms with E-state index in [4.69, 9.17) is 9.47 Å². The second kappa shape index (κ2) is 7.22. The number of hydrogen-bond donors (Lipinski definition) is 1. The zero-order valence-electron chi connectivity index (χ0n) is 12.4. The largest absolute Gasteiger partial charge is 0.467 e. The van der Waals surface area contributed by atoms with Crippen molar-refractivity contribution in [2.24, 2.45) is 5.92 Å². The number of carbonyl (C=O) groups is 2. The van der Waals surface area contributed by atoms with Crippen molar-refractivity contribution in [2.75, 3.05) is 14.2 Å². The molecule has 5 nitrogen and oxygen atoms in total. The predicted octanol–water partition coefficient (Wildman–Crippen LogP) is 1.83. The van der Waals surface area contributed by atoms with Crippen molar-refractivity contribution in [3.63, 3.8) is 0 Å². The Morgan fingerprint density at radius 3 is 2.43 bits per heavy atom. The summed E-state index contributed by atoms with van der Waals surface area (Å²) in [4.78, 5) is 24.1. The van der Waals surface area contributed by atoms with Gasteiger partial charge in [-0.3, -0.25) is 4.79 Å². The molecule has 0 radical (unpaired) electrons. The molecule has 1 N–H and O–H groups in total. The van der Waals surface area contributed by atoms with Crippen LogP contribution in [0.1, 0.15) is 30.9 Å². The topological polar surface area (TPSA) is 64.6 Å². The molecule has 0 bridgehead atoms. The second-order valence-electron chi connectivity index (χ2n) is 5.29. The number of methoxy groups -OCH3 is 2. The quantitative estimate of drug-likeness (QED) is 0.778. The summed E-state index contributed by atoms with van der Waals surface area (Å²) in [7, 11) is 2.81. The van der Waals surface area contributed by atoms with Crippen molar-refractivity contribution in [3.8, 4) is 0 Å². The molecule has 0 spiro atoms. The number of amides is 1. The van der Waals surface area contributed by atoms with Gasteiger partial charge in [-0.25, -0.2) is 4.79 Å². The van der Waals surface area contributed by atoms with E-state index in [0.717, 1.165) is 18.4 Å². The van der Waals surface area contributed by atoms with Gasteiger partial charge in [-0.1, -0.05) is 43.2 Å². The van der Waals surface area contributed by atoms with Crippen LogP contribution in [-0.2, 0) is 19.1 Å². The minimum atomic E-state index is -0.724. The highest BCUT2D eigenvalue weighted by atomic mass is 16.5. The highest BCUT2D eigenvalue weighted by Gasteiger charge is 2.32. The first-order valence-corrected chi connectivity index (χ1v) is 7.11. The number of ether oxygens (including phenoxy) is 2. The minimum Gasteiger partial charge on any atom is -0.467 e. The van der Waals surface area contributed by atoms with Gasteiger partial charge >= 0.3 is 5.97 Å². The molecule has 114 valence electrons. The summed E-state index contributed by atoms with van der Waals surface area (Å²) in [6, 6.07) is 8.60. The van der Waals surface area contributed by atoms with Crippen LogP contribution < -0.4 is 5.32 Å². The molecule has 1 aromatic rings. The number of benzene rings is 1. The van der Waals surface area contributed by atoms with Gasteiger partial charge in [-0.05, 0) is 17.9 Å². The van der Waals surface area contributed by atoms with Crippen LogP contribution in [0.4, 0.5) is 0 Å². The molecule has 0 aromatic heterocycles. The third-order valence-electron chi connectivity index (χ3n) is 3.64. The van der Waals surface area contributed by atoms with Crippen molar-refractivity contribution in [2.45, 2.75) is 31.4 Å². The summed E-state index contributed by atoms with van der Waals surface area (Å²) in [5, 5.41) is 2.75. The van der Waals surface area contributed by atoms with Gasteiger partial charge in [0.1, 0.15) is 6.04 Å². The normalized spacial score (nSPS) is 16.9. The van der Waals surface area contributed by atoms with Crippen LogP contribution in [-0.4, -0.2) is 32.1 Å². The van der Waals surface area contributed by atoms with E-state index in [0.29, 0.717) is 12.3 Å². The SMILES string of the molecule is COC(=O)[C@H](CC1CC1)NC(=O)[C@H](OC)c1ccccc1. The summed E-state index contributed by atoms with van der Waals surface area (Å²) >= 11 is 0. The Labute approximate surface area is 124 Å². The standard InChI is InChI=1S/C16H21NO4/c1-20-14(12-6-4-3-5-7-12)15(18)17-13(16(19)21-2)10-11-8-9-11/h3-7,11,13-14H,8-10H2,1-2H3,(H,17,18)/t13-,14+/m0/s1. The molecular formula is C16H21NO4. The third kappa shape index (κ3) is 4.29. The van der Waals surface area contributed by atoms with E-state index < -0.39 is 18.1 Å². The Morgan fingerprint density at radius 2 is 1.90 bits per heavy atom. The van der Waals surface area contributed by atoms with Crippen molar-refractivity contribution in [1.82, 2.24) is 5.32 Å². The molecule has 1 amide bonds. The van der Waals surface area contributed by atoms with E-state index >= 15 is 0 Å². The Bertz CT molecular complexity index is 484. The van der Waals surface area contributed by atoms with E-state index in [-0.39, 0.29) is 5.91 Å². The Hall–Kier alpha value is -1.88. The van der Waals surface area contributed by atoms with Gasteiger partial charge in [0, 0.05) is 7.11 Å². The van der Waals surface area contributed by atoms with Gasteiger partial charge < -0.3 is 14.8 Å². The average molecular weight is 291 g/mol. The van der Waals surface area contributed by atoms with Gasteiger partial charge in [0.25, 0.3) is 5.91 Å². The minimum absolute atomic E-state index is 0.320. The molecule has 21 heavy (non-hydrogen) atoms. The monoisotopic (exact) mass is 291 g/mol. The number of rotatable bonds is 7.